The molecule has 0 saturated carbocycles. The molecule has 0 radical (unpaired) electrons. The summed E-state index contributed by atoms with van der Waals surface area (Å²) in [7, 11) is 0. The summed E-state index contributed by atoms with van der Waals surface area (Å²) in [6.07, 6.45) is 3.79. The van der Waals surface area contributed by atoms with E-state index in [1.165, 1.54) is 0 Å². The van der Waals surface area contributed by atoms with Gasteiger partial charge in [-0.15, -0.1) is 0 Å². The molecule has 1 rings (SSSR count). The van der Waals surface area contributed by atoms with Crippen LogP contribution in [0.25, 0.3) is 0 Å². The molecule has 1 aliphatic rings. The molecule has 1 aliphatic heterocycles. The van der Waals surface area contributed by atoms with E-state index in [9.17, 15) is 5.11 Å². The lowest BCUT2D eigenvalue weighted by molar-refractivity contribution is -0.0787. The maximum atomic E-state index is 9.48. The van der Waals surface area contributed by atoms with Crippen LogP contribution in [0.4, 0.5) is 0 Å². The first-order valence-electron chi connectivity index (χ1n) is 6.15. The predicted molar refractivity (Wildman–Crippen MR) is 62.0 cm³/mol. The third-order valence-electron chi connectivity index (χ3n) is 3.46. The first-order chi connectivity index (χ1) is 7.09. The SMILES string of the molecule is CCC(O)CNC1CCOC(C)(CC)C1. The number of hydrogen-bond donors (Lipinski definition) is 2. The summed E-state index contributed by atoms with van der Waals surface area (Å²) in [5.74, 6) is 0. The van der Waals surface area contributed by atoms with E-state index in [-0.39, 0.29) is 11.7 Å². The Morgan fingerprint density at radius 1 is 1.53 bits per heavy atom. The fraction of sp³-hybridized carbons (Fsp3) is 1.00. The van der Waals surface area contributed by atoms with Crippen LogP contribution in [-0.2, 0) is 4.74 Å². The minimum Gasteiger partial charge on any atom is -0.392 e. The van der Waals surface area contributed by atoms with Crippen LogP contribution >= 0.6 is 0 Å². The molecule has 0 aromatic carbocycles. The van der Waals surface area contributed by atoms with Gasteiger partial charge in [-0.05, 0) is 32.6 Å². The second kappa shape index (κ2) is 5.83. The highest BCUT2D eigenvalue weighted by Gasteiger charge is 2.31. The van der Waals surface area contributed by atoms with Crippen molar-refractivity contribution in [3.05, 3.63) is 0 Å². The quantitative estimate of drug-likeness (QED) is 0.733. The molecular weight excluding hydrogens is 190 g/mol. The monoisotopic (exact) mass is 215 g/mol. The van der Waals surface area contributed by atoms with E-state index < -0.39 is 0 Å². The van der Waals surface area contributed by atoms with Crippen LogP contribution in [0.2, 0.25) is 0 Å². The summed E-state index contributed by atoms with van der Waals surface area (Å²) in [4.78, 5) is 0. The molecule has 1 heterocycles. The third kappa shape index (κ3) is 4.09. The lowest BCUT2D eigenvalue weighted by Crippen LogP contribution is -2.46. The van der Waals surface area contributed by atoms with Crippen LogP contribution in [0.1, 0.15) is 46.5 Å². The number of hydrogen-bond acceptors (Lipinski definition) is 3. The van der Waals surface area contributed by atoms with Crippen LogP contribution in [0.3, 0.4) is 0 Å². The zero-order chi connectivity index (χ0) is 11.3. The van der Waals surface area contributed by atoms with Crippen molar-refractivity contribution < 1.29 is 9.84 Å². The summed E-state index contributed by atoms with van der Waals surface area (Å²) in [5, 5.41) is 12.9. The summed E-state index contributed by atoms with van der Waals surface area (Å²) >= 11 is 0. The molecule has 0 aliphatic carbocycles. The predicted octanol–water partition coefficient (Wildman–Crippen LogP) is 1.69. The van der Waals surface area contributed by atoms with Crippen molar-refractivity contribution in [1.82, 2.24) is 5.32 Å². The van der Waals surface area contributed by atoms with Crippen molar-refractivity contribution in [1.29, 1.82) is 0 Å². The molecule has 0 aromatic rings. The standard InChI is InChI=1S/C12H25NO2/c1-4-11(14)9-13-10-6-7-15-12(3,5-2)8-10/h10-11,13-14H,4-9H2,1-3H3. The van der Waals surface area contributed by atoms with Crippen molar-refractivity contribution in [3.63, 3.8) is 0 Å². The second-order valence-corrected chi connectivity index (χ2v) is 4.81. The van der Waals surface area contributed by atoms with Gasteiger partial charge >= 0.3 is 0 Å². The van der Waals surface area contributed by atoms with Crippen LogP contribution in [0, 0.1) is 0 Å². The zero-order valence-corrected chi connectivity index (χ0v) is 10.3. The summed E-state index contributed by atoms with van der Waals surface area (Å²) in [6, 6.07) is 0.505. The van der Waals surface area contributed by atoms with Gasteiger partial charge in [0.1, 0.15) is 0 Å². The van der Waals surface area contributed by atoms with Gasteiger partial charge in [-0.1, -0.05) is 13.8 Å². The molecule has 2 N–H and O–H groups in total. The van der Waals surface area contributed by atoms with E-state index in [1.807, 2.05) is 6.92 Å². The van der Waals surface area contributed by atoms with Gasteiger partial charge in [-0.3, -0.25) is 0 Å². The molecule has 3 heteroatoms. The normalized spacial score (nSPS) is 34.0. The molecule has 1 saturated heterocycles. The topological polar surface area (TPSA) is 41.5 Å². The minimum absolute atomic E-state index is 0.0348. The molecule has 0 bridgehead atoms. The van der Waals surface area contributed by atoms with E-state index >= 15 is 0 Å². The van der Waals surface area contributed by atoms with Crippen LogP contribution in [0.5, 0.6) is 0 Å². The van der Waals surface area contributed by atoms with Crippen LogP contribution in [-0.4, -0.2) is 36.0 Å². The van der Waals surface area contributed by atoms with E-state index in [0.717, 1.165) is 32.3 Å². The molecule has 3 nitrogen and oxygen atoms in total. The van der Waals surface area contributed by atoms with E-state index in [2.05, 4.69) is 19.2 Å². The van der Waals surface area contributed by atoms with Crippen molar-refractivity contribution in [2.24, 2.45) is 0 Å². The van der Waals surface area contributed by atoms with Gasteiger partial charge in [0.25, 0.3) is 0 Å². The van der Waals surface area contributed by atoms with Crippen molar-refractivity contribution in [2.75, 3.05) is 13.2 Å². The van der Waals surface area contributed by atoms with E-state index in [0.29, 0.717) is 12.6 Å². The van der Waals surface area contributed by atoms with Gasteiger partial charge in [0, 0.05) is 19.2 Å². The molecule has 0 aromatic heterocycles. The van der Waals surface area contributed by atoms with Gasteiger partial charge in [0.2, 0.25) is 0 Å². The number of ether oxygens (including phenoxy) is 1. The Morgan fingerprint density at radius 3 is 2.87 bits per heavy atom. The van der Waals surface area contributed by atoms with Gasteiger partial charge in [0.05, 0.1) is 11.7 Å². The first kappa shape index (κ1) is 12.9. The molecule has 15 heavy (non-hydrogen) atoms. The number of aliphatic hydroxyl groups excluding tert-OH is 1. The van der Waals surface area contributed by atoms with E-state index in [4.69, 9.17) is 4.74 Å². The van der Waals surface area contributed by atoms with Crippen molar-refractivity contribution >= 4 is 0 Å². The lowest BCUT2D eigenvalue weighted by Gasteiger charge is -2.38. The number of rotatable bonds is 5. The molecule has 3 unspecified atom stereocenters. The Bertz CT molecular complexity index is 186. The van der Waals surface area contributed by atoms with Crippen molar-refractivity contribution in [2.45, 2.75) is 64.2 Å². The summed E-state index contributed by atoms with van der Waals surface area (Å²) in [6.45, 7) is 7.90. The van der Waals surface area contributed by atoms with Gasteiger partial charge < -0.3 is 15.2 Å². The number of nitrogens with one attached hydrogen (secondary N) is 1. The van der Waals surface area contributed by atoms with Crippen LogP contribution in [0.15, 0.2) is 0 Å². The molecule has 0 amide bonds. The largest absolute Gasteiger partial charge is 0.392 e. The average Bonchev–Trinajstić information content (AvgIpc) is 2.26. The Morgan fingerprint density at radius 2 is 2.27 bits per heavy atom. The number of aliphatic hydroxyl groups is 1. The molecule has 1 fully saturated rings. The fourth-order valence-corrected chi connectivity index (χ4v) is 2.00. The Kier molecular flexibility index (Phi) is 5.03. The average molecular weight is 215 g/mol. The Labute approximate surface area is 93.2 Å². The molecular formula is C12H25NO2. The maximum Gasteiger partial charge on any atom is 0.0666 e. The first-order valence-corrected chi connectivity index (χ1v) is 6.15. The highest BCUT2D eigenvalue weighted by atomic mass is 16.5. The minimum atomic E-state index is -0.208. The van der Waals surface area contributed by atoms with Crippen molar-refractivity contribution in [3.8, 4) is 0 Å². The smallest absolute Gasteiger partial charge is 0.0666 e. The van der Waals surface area contributed by atoms with Gasteiger partial charge in [0.15, 0.2) is 0 Å². The third-order valence-corrected chi connectivity index (χ3v) is 3.46. The van der Waals surface area contributed by atoms with Gasteiger partial charge in [-0.25, -0.2) is 0 Å². The van der Waals surface area contributed by atoms with E-state index in [1.54, 1.807) is 0 Å². The zero-order valence-electron chi connectivity index (χ0n) is 10.3. The molecule has 3 atom stereocenters. The highest BCUT2D eigenvalue weighted by molar-refractivity contribution is 4.85. The Balaban J connectivity index is 2.30. The van der Waals surface area contributed by atoms with Crippen LogP contribution < -0.4 is 5.32 Å². The molecule has 90 valence electrons. The summed E-state index contributed by atoms with van der Waals surface area (Å²) < 4.78 is 5.78. The lowest BCUT2D eigenvalue weighted by atomic mass is 9.90. The maximum absolute atomic E-state index is 9.48. The molecule has 0 spiro atoms. The highest BCUT2D eigenvalue weighted by Crippen LogP contribution is 2.27. The Hall–Kier alpha value is -0.120. The fourth-order valence-electron chi connectivity index (χ4n) is 2.00. The second-order valence-electron chi connectivity index (χ2n) is 4.81. The van der Waals surface area contributed by atoms with Gasteiger partial charge in [-0.2, -0.15) is 0 Å². The summed E-state index contributed by atoms with van der Waals surface area (Å²) in [5.41, 5.74) is 0.0348.